The fourth-order valence-corrected chi connectivity index (χ4v) is 3.08. The molecule has 0 radical (unpaired) electrons. The number of halogens is 1. The SMILES string of the molecule is COc1ccc(N2C[C@@H](C(=O)NCCn3ccnc3)CC2=O)cc1Cl. The van der Waals surface area contributed by atoms with E-state index in [-0.39, 0.29) is 24.2 Å². The minimum atomic E-state index is -0.365. The molecule has 8 heteroatoms. The lowest BCUT2D eigenvalue weighted by Gasteiger charge is -2.18. The van der Waals surface area contributed by atoms with Gasteiger partial charge in [-0.15, -0.1) is 0 Å². The number of benzene rings is 1. The van der Waals surface area contributed by atoms with Crippen molar-refractivity contribution in [3.05, 3.63) is 41.9 Å². The molecule has 1 fully saturated rings. The molecule has 1 atom stereocenters. The van der Waals surface area contributed by atoms with E-state index in [1.807, 2.05) is 10.8 Å². The van der Waals surface area contributed by atoms with Crippen molar-refractivity contribution in [2.75, 3.05) is 25.1 Å². The Kier molecular flexibility index (Phi) is 5.23. The third-order valence-corrected chi connectivity index (χ3v) is 4.47. The summed E-state index contributed by atoms with van der Waals surface area (Å²) in [4.78, 5) is 30.1. The Bertz CT molecular complexity index is 763. The highest BCUT2D eigenvalue weighted by Crippen LogP contribution is 2.32. The van der Waals surface area contributed by atoms with Gasteiger partial charge in [-0.2, -0.15) is 0 Å². The molecule has 2 amide bonds. The summed E-state index contributed by atoms with van der Waals surface area (Å²) in [5, 5.41) is 3.30. The molecule has 0 saturated carbocycles. The predicted octanol–water partition coefficient (Wildman–Crippen LogP) is 1.71. The number of nitrogens with one attached hydrogen (secondary N) is 1. The predicted molar refractivity (Wildman–Crippen MR) is 93.7 cm³/mol. The quantitative estimate of drug-likeness (QED) is 0.848. The fraction of sp³-hybridized carbons (Fsp3) is 0.353. The molecule has 2 heterocycles. The maximum atomic E-state index is 12.3. The molecule has 1 aromatic carbocycles. The summed E-state index contributed by atoms with van der Waals surface area (Å²) in [5.74, 6) is -0.0198. The normalized spacial score (nSPS) is 17.0. The third-order valence-electron chi connectivity index (χ3n) is 4.17. The Morgan fingerprint density at radius 2 is 2.32 bits per heavy atom. The van der Waals surface area contributed by atoms with Crippen molar-refractivity contribution in [1.82, 2.24) is 14.9 Å². The number of hydrogen-bond donors (Lipinski definition) is 1. The molecular weight excluding hydrogens is 344 g/mol. The largest absolute Gasteiger partial charge is 0.495 e. The molecule has 1 aliphatic rings. The Hall–Kier alpha value is -2.54. The first-order chi connectivity index (χ1) is 12.1. The number of rotatable bonds is 6. The van der Waals surface area contributed by atoms with Gasteiger partial charge in [0.05, 0.1) is 24.4 Å². The highest BCUT2D eigenvalue weighted by Gasteiger charge is 2.35. The van der Waals surface area contributed by atoms with Gasteiger partial charge in [0.15, 0.2) is 0 Å². The van der Waals surface area contributed by atoms with Crippen molar-refractivity contribution >= 4 is 29.1 Å². The average molecular weight is 363 g/mol. The molecule has 1 aliphatic heterocycles. The molecule has 7 nitrogen and oxygen atoms in total. The third kappa shape index (κ3) is 3.93. The minimum Gasteiger partial charge on any atom is -0.495 e. The molecular formula is C17H19ClN4O3. The molecule has 2 aromatic rings. The summed E-state index contributed by atoms with van der Waals surface area (Å²) < 4.78 is 7.00. The molecule has 0 unspecified atom stereocenters. The summed E-state index contributed by atoms with van der Waals surface area (Å²) in [6.07, 6.45) is 5.41. The van der Waals surface area contributed by atoms with Gasteiger partial charge in [0.1, 0.15) is 5.75 Å². The lowest BCUT2D eigenvalue weighted by molar-refractivity contribution is -0.126. The molecule has 1 saturated heterocycles. The van der Waals surface area contributed by atoms with E-state index in [2.05, 4.69) is 10.3 Å². The van der Waals surface area contributed by atoms with Crippen LogP contribution in [0.15, 0.2) is 36.9 Å². The summed E-state index contributed by atoms with van der Waals surface area (Å²) in [5.41, 5.74) is 0.671. The van der Waals surface area contributed by atoms with Gasteiger partial charge in [-0.3, -0.25) is 9.59 Å². The second kappa shape index (κ2) is 7.57. The Morgan fingerprint density at radius 1 is 1.48 bits per heavy atom. The summed E-state index contributed by atoms with van der Waals surface area (Å²) in [6, 6.07) is 5.16. The molecule has 1 aromatic heterocycles. The van der Waals surface area contributed by atoms with E-state index in [0.29, 0.717) is 36.1 Å². The number of anilines is 1. The molecule has 132 valence electrons. The Morgan fingerprint density at radius 3 is 3.00 bits per heavy atom. The van der Waals surface area contributed by atoms with Gasteiger partial charge >= 0.3 is 0 Å². The molecule has 25 heavy (non-hydrogen) atoms. The standard InChI is InChI=1S/C17H19ClN4O3/c1-25-15-3-2-13(9-14(15)18)22-10-12(8-16(22)23)17(24)20-5-7-21-6-4-19-11-21/h2-4,6,9,11-12H,5,7-8,10H2,1H3,(H,20,24)/t12-/m0/s1. The van der Waals surface area contributed by atoms with E-state index in [1.54, 1.807) is 35.6 Å². The molecule has 3 rings (SSSR count). The van der Waals surface area contributed by atoms with E-state index in [0.717, 1.165) is 0 Å². The number of amides is 2. The molecule has 0 aliphatic carbocycles. The number of carbonyl (C=O) groups is 2. The Labute approximate surface area is 150 Å². The second-order valence-corrected chi connectivity index (χ2v) is 6.22. The lowest BCUT2D eigenvalue weighted by atomic mass is 10.1. The van der Waals surface area contributed by atoms with Gasteiger partial charge in [0, 0.05) is 44.1 Å². The van der Waals surface area contributed by atoms with E-state index in [1.165, 1.54) is 7.11 Å². The minimum absolute atomic E-state index is 0.0870. The summed E-state index contributed by atoms with van der Waals surface area (Å²) in [7, 11) is 1.53. The zero-order valence-electron chi connectivity index (χ0n) is 13.8. The zero-order chi connectivity index (χ0) is 17.8. The van der Waals surface area contributed by atoms with E-state index in [4.69, 9.17) is 16.3 Å². The maximum absolute atomic E-state index is 12.3. The Balaban J connectivity index is 1.58. The van der Waals surface area contributed by atoms with Crippen molar-refractivity contribution in [2.24, 2.45) is 5.92 Å². The maximum Gasteiger partial charge on any atom is 0.227 e. The number of imidazole rings is 1. The monoisotopic (exact) mass is 362 g/mol. The number of hydrogen-bond acceptors (Lipinski definition) is 4. The van der Waals surface area contributed by atoms with Crippen LogP contribution in [-0.4, -0.2) is 41.6 Å². The van der Waals surface area contributed by atoms with Gasteiger partial charge < -0.3 is 19.5 Å². The first kappa shape index (κ1) is 17.3. The smallest absolute Gasteiger partial charge is 0.227 e. The summed E-state index contributed by atoms with van der Waals surface area (Å²) >= 11 is 6.12. The van der Waals surface area contributed by atoms with Gasteiger partial charge in [-0.1, -0.05) is 11.6 Å². The first-order valence-corrected chi connectivity index (χ1v) is 8.33. The molecule has 1 N–H and O–H groups in total. The fourth-order valence-electron chi connectivity index (χ4n) is 2.83. The van der Waals surface area contributed by atoms with Crippen molar-refractivity contribution in [3.8, 4) is 5.75 Å². The van der Waals surface area contributed by atoms with Crippen LogP contribution in [0.2, 0.25) is 5.02 Å². The van der Waals surface area contributed by atoms with Gasteiger partial charge in [0.25, 0.3) is 0 Å². The van der Waals surface area contributed by atoms with Gasteiger partial charge in [-0.25, -0.2) is 4.98 Å². The number of aromatic nitrogens is 2. The van der Waals surface area contributed by atoms with E-state index in [9.17, 15) is 9.59 Å². The summed E-state index contributed by atoms with van der Waals surface area (Å²) in [6.45, 7) is 1.48. The van der Waals surface area contributed by atoms with Crippen LogP contribution in [0.5, 0.6) is 5.75 Å². The lowest BCUT2D eigenvalue weighted by Crippen LogP contribution is -2.34. The van der Waals surface area contributed by atoms with Crippen LogP contribution in [0, 0.1) is 5.92 Å². The van der Waals surface area contributed by atoms with Crippen LogP contribution in [-0.2, 0) is 16.1 Å². The number of ether oxygens (including phenoxy) is 1. The van der Waals surface area contributed by atoms with Crippen molar-refractivity contribution in [3.63, 3.8) is 0 Å². The molecule has 0 spiro atoms. The zero-order valence-corrected chi connectivity index (χ0v) is 14.6. The van der Waals surface area contributed by atoms with E-state index < -0.39 is 0 Å². The highest BCUT2D eigenvalue weighted by atomic mass is 35.5. The first-order valence-electron chi connectivity index (χ1n) is 7.96. The van der Waals surface area contributed by atoms with Crippen LogP contribution in [0.4, 0.5) is 5.69 Å². The van der Waals surface area contributed by atoms with Crippen LogP contribution in [0.25, 0.3) is 0 Å². The van der Waals surface area contributed by atoms with Gasteiger partial charge in [-0.05, 0) is 18.2 Å². The van der Waals surface area contributed by atoms with Crippen molar-refractivity contribution < 1.29 is 14.3 Å². The average Bonchev–Trinajstić information content (AvgIpc) is 3.24. The second-order valence-electron chi connectivity index (χ2n) is 5.82. The molecule has 0 bridgehead atoms. The van der Waals surface area contributed by atoms with Crippen LogP contribution < -0.4 is 15.0 Å². The van der Waals surface area contributed by atoms with Crippen LogP contribution in [0.1, 0.15) is 6.42 Å². The van der Waals surface area contributed by atoms with Crippen molar-refractivity contribution in [2.45, 2.75) is 13.0 Å². The number of nitrogens with zero attached hydrogens (tertiary/aromatic N) is 3. The van der Waals surface area contributed by atoms with Crippen molar-refractivity contribution in [1.29, 1.82) is 0 Å². The number of methoxy groups -OCH3 is 1. The highest BCUT2D eigenvalue weighted by molar-refractivity contribution is 6.32. The number of carbonyl (C=O) groups excluding carboxylic acids is 2. The van der Waals surface area contributed by atoms with E-state index >= 15 is 0 Å². The van der Waals surface area contributed by atoms with Crippen LogP contribution >= 0.6 is 11.6 Å². The van der Waals surface area contributed by atoms with Gasteiger partial charge in [0.2, 0.25) is 11.8 Å². The van der Waals surface area contributed by atoms with Crippen LogP contribution in [0.3, 0.4) is 0 Å². The topological polar surface area (TPSA) is 76.5 Å².